The second-order valence-corrected chi connectivity index (χ2v) is 11.6. The van der Waals surface area contributed by atoms with Crippen LogP contribution in [0.3, 0.4) is 0 Å². The van der Waals surface area contributed by atoms with Gasteiger partial charge in [-0.05, 0) is 46.8 Å². The number of rotatable bonds is 11. The lowest BCUT2D eigenvalue weighted by Gasteiger charge is -2.22. The van der Waals surface area contributed by atoms with Gasteiger partial charge in [-0.1, -0.05) is 60.3 Å². The van der Waals surface area contributed by atoms with Gasteiger partial charge in [-0.3, -0.25) is 9.59 Å². The van der Waals surface area contributed by atoms with Crippen molar-refractivity contribution in [3.63, 3.8) is 0 Å². The average molecular weight is 613 g/mol. The topological polar surface area (TPSA) is 115 Å². The number of benzene rings is 2. The number of nitrogens with zero attached hydrogens (tertiary/aromatic N) is 5. The van der Waals surface area contributed by atoms with E-state index in [0.717, 1.165) is 27.5 Å². The number of hydrogen-bond acceptors (Lipinski definition) is 9. The summed E-state index contributed by atoms with van der Waals surface area (Å²) < 4.78 is 12.4. The third kappa shape index (κ3) is 6.55. The fourth-order valence-electron chi connectivity index (χ4n) is 4.75. The molecule has 2 aromatic carbocycles. The number of carbonyl (C=O) groups excluding carboxylic acids is 2. The highest BCUT2D eigenvalue weighted by Crippen LogP contribution is 2.35. The van der Waals surface area contributed by atoms with E-state index in [1.165, 1.54) is 18.0 Å². The predicted molar refractivity (Wildman–Crippen MR) is 164 cm³/mol. The highest BCUT2D eigenvalue weighted by molar-refractivity contribution is 7.99. The van der Waals surface area contributed by atoms with Crippen LogP contribution in [0.2, 0.25) is 0 Å². The molecular weight excluding hydrogens is 585 g/mol. The largest absolute Gasteiger partial charge is 0.497 e. The van der Waals surface area contributed by atoms with Crippen molar-refractivity contribution in [2.75, 3.05) is 12.9 Å². The van der Waals surface area contributed by atoms with Crippen molar-refractivity contribution >= 4 is 40.6 Å². The van der Waals surface area contributed by atoms with E-state index in [-0.39, 0.29) is 35.9 Å². The highest BCUT2D eigenvalue weighted by Gasteiger charge is 2.33. The molecule has 5 aromatic rings. The van der Waals surface area contributed by atoms with Crippen molar-refractivity contribution in [1.29, 1.82) is 0 Å². The van der Waals surface area contributed by atoms with Crippen LogP contribution in [-0.2, 0) is 17.9 Å². The molecule has 218 valence electrons. The fourth-order valence-corrected chi connectivity index (χ4v) is 6.28. The lowest BCUT2D eigenvalue weighted by atomic mass is 10.0. The van der Waals surface area contributed by atoms with Gasteiger partial charge in [-0.15, -0.1) is 21.5 Å². The SMILES string of the molecule is COc1ccc(C2CC(c3cccs3)=NN2C(=O)CSc2nnc(CNC(=O)c3ccco3)n2Cc2ccccc2)cc1. The van der Waals surface area contributed by atoms with Crippen LogP contribution in [0.25, 0.3) is 0 Å². The Balaban J connectivity index is 1.21. The summed E-state index contributed by atoms with van der Waals surface area (Å²) in [5.74, 6) is 1.16. The van der Waals surface area contributed by atoms with Gasteiger partial charge in [0.15, 0.2) is 16.7 Å². The maximum Gasteiger partial charge on any atom is 0.287 e. The number of thiophene rings is 1. The van der Waals surface area contributed by atoms with Crippen LogP contribution >= 0.6 is 23.1 Å². The molecule has 1 aliphatic rings. The van der Waals surface area contributed by atoms with Crippen molar-refractivity contribution in [2.24, 2.45) is 5.10 Å². The number of hydrazone groups is 1. The lowest BCUT2D eigenvalue weighted by molar-refractivity contribution is -0.130. The van der Waals surface area contributed by atoms with Crippen LogP contribution in [0.5, 0.6) is 5.75 Å². The van der Waals surface area contributed by atoms with Gasteiger partial charge < -0.3 is 19.0 Å². The molecule has 12 heteroatoms. The number of methoxy groups -OCH3 is 1. The Morgan fingerprint density at radius 2 is 1.88 bits per heavy atom. The first-order chi connectivity index (χ1) is 21.1. The predicted octanol–water partition coefficient (Wildman–Crippen LogP) is 5.39. The quantitative estimate of drug-likeness (QED) is 0.199. The number of hydrogen-bond donors (Lipinski definition) is 1. The van der Waals surface area contributed by atoms with Gasteiger partial charge in [-0.2, -0.15) is 5.10 Å². The summed E-state index contributed by atoms with van der Waals surface area (Å²) in [7, 11) is 1.63. The Bertz CT molecular complexity index is 1700. The number of carbonyl (C=O) groups is 2. The molecule has 10 nitrogen and oxygen atoms in total. The summed E-state index contributed by atoms with van der Waals surface area (Å²) in [5, 5.41) is 20.5. The Hall–Kier alpha value is -4.68. The number of aromatic nitrogens is 3. The number of furan rings is 1. The molecule has 0 aliphatic carbocycles. The first-order valence-electron chi connectivity index (χ1n) is 13.6. The van der Waals surface area contributed by atoms with E-state index in [1.807, 2.05) is 76.7 Å². The zero-order chi connectivity index (χ0) is 29.6. The van der Waals surface area contributed by atoms with Gasteiger partial charge in [0.1, 0.15) is 5.75 Å². The summed E-state index contributed by atoms with van der Waals surface area (Å²) in [4.78, 5) is 27.2. The first-order valence-corrected chi connectivity index (χ1v) is 15.4. The molecule has 43 heavy (non-hydrogen) atoms. The third-order valence-corrected chi connectivity index (χ3v) is 8.80. The molecule has 1 N–H and O–H groups in total. The molecule has 1 unspecified atom stereocenters. The number of ether oxygens (including phenoxy) is 1. The third-order valence-electron chi connectivity index (χ3n) is 6.93. The zero-order valence-electron chi connectivity index (χ0n) is 23.3. The van der Waals surface area contributed by atoms with Crippen molar-refractivity contribution in [1.82, 2.24) is 25.1 Å². The number of amides is 2. The van der Waals surface area contributed by atoms with E-state index >= 15 is 0 Å². The van der Waals surface area contributed by atoms with Gasteiger partial charge in [0, 0.05) is 6.42 Å². The molecule has 0 saturated carbocycles. The minimum atomic E-state index is -0.346. The van der Waals surface area contributed by atoms with Crippen LogP contribution in [-0.4, -0.2) is 50.2 Å². The molecule has 0 saturated heterocycles. The Labute approximate surface area is 256 Å². The summed E-state index contributed by atoms with van der Waals surface area (Å²) in [6.07, 6.45) is 2.07. The van der Waals surface area contributed by atoms with Crippen LogP contribution in [0.4, 0.5) is 0 Å². The smallest absolute Gasteiger partial charge is 0.287 e. The summed E-state index contributed by atoms with van der Waals surface area (Å²) in [6.45, 7) is 0.628. The van der Waals surface area contributed by atoms with E-state index in [4.69, 9.17) is 14.3 Å². The van der Waals surface area contributed by atoms with Crippen molar-refractivity contribution in [3.8, 4) is 5.75 Å². The monoisotopic (exact) mass is 612 g/mol. The molecule has 2 amide bonds. The Morgan fingerprint density at radius 3 is 2.60 bits per heavy atom. The first kappa shape index (κ1) is 28.4. The second kappa shape index (κ2) is 13.1. The average Bonchev–Trinajstić information content (AvgIpc) is 3.87. The molecule has 0 fully saturated rings. The fraction of sp³-hybridized carbons (Fsp3) is 0.194. The van der Waals surface area contributed by atoms with E-state index in [2.05, 4.69) is 15.5 Å². The van der Waals surface area contributed by atoms with Gasteiger partial charge >= 0.3 is 0 Å². The van der Waals surface area contributed by atoms with E-state index in [9.17, 15) is 9.59 Å². The van der Waals surface area contributed by atoms with E-state index < -0.39 is 0 Å². The summed E-state index contributed by atoms with van der Waals surface area (Å²) >= 11 is 2.90. The van der Waals surface area contributed by atoms with Gasteiger partial charge in [0.25, 0.3) is 11.8 Å². The Kier molecular flexibility index (Phi) is 8.66. The second-order valence-electron chi connectivity index (χ2n) is 9.67. The molecule has 0 radical (unpaired) electrons. The maximum absolute atomic E-state index is 13.7. The minimum Gasteiger partial charge on any atom is -0.497 e. The van der Waals surface area contributed by atoms with Gasteiger partial charge in [0.2, 0.25) is 0 Å². The van der Waals surface area contributed by atoms with Gasteiger partial charge in [-0.25, -0.2) is 5.01 Å². The van der Waals surface area contributed by atoms with Gasteiger partial charge in [0.05, 0.1) is 48.8 Å². The molecule has 0 bridgehead atoms. The molecule has 1 aliphatic heterocycles. The van der Waals surface area contributed by atoms with Crippen LogP contribution in [0.15, 0.2) is 105 Å². The van der Waals surface area contributed by atoms with Crippen LogP contribution < -0.4 is 10.1 Å². The lowest BCUT2D eigenvalue weighted by Crippen LogP contribution is -2.28. The van der Waals surface area contributed by atoms with Crippen LogP contribution in [0, 0.1) is 0 Å². The minimum absolute atomic E-state index is 0.111. The summed E-state index contributed by atoms with van der Waals surface area (Å²) in [6, 6.07) is 24.7. The molecule has 3 aromatic heterocycles. The van der Waals surface area contributed by atoms with Crippen molar-refractivity contribution < 1.29 is 18.7 Å². The summed E-state index contributed by atoms with van der Waals surface area (Å²) in [5.41, 5.74) is 2.91. The number of nitrogens with one attached hydrogen (secondary N) is 1. The normalized spacial score (nSPS) is 14.5. The molecule has 6 rings (SSSR count). The standard InChI is InChI=1S/C31H28N6O4S2/c1-40-23-13-11-22(12-14-23)25-17-24(27-10-6-16-42-27)35-37(25)29(38)20-43-31-34-33-28(18-32-30(39)26-9-5-15-41-26)36(31)19-21-7-3-2-4-8-21/h2-16,25H,17-20H2,1H3,(H,32,39). The molecule has 0 spiro atoms. The van der Waals surface area contributed by atoms with Crippen LogP contribution in [0.1, 0.15) is 44.8 Å². The molecule has 4 heterocycles. The molecule has 1 atom stereocenters. The zero-order valence-corrected chi connectivity index (χ0v) is 24.9. The Morgan fingerprint density at radius 1 is 1.05 bits per heavy atom. The number of thioether (sulfide) groups is 1. The van der Waals surface area contributed by atoms with E-state index in [1.54, 1.807) is 35.6 Å². The molecular formula is C31H28N6O4S2. The van der Waals surface area contributed by atoms with Crippen molar-refractivity contribution in [2.45, 2.75) is 30.7 Å². The van der Waals surface area contributed by atoms with E-state index in [0.29, 0.717) is 23.9 Å². The van der Waals surface area contributed by atoms with Crippen molar-refractivity contribution in [3.05, 3.63) is 118 Å². The maximum atomic E-state index is 13.7. The highest BCUT2D eigenvalue weighted by atomic mass is 32.2.